The summed E-state index contributed by atoms with van der Waals surface area (Å²) in [6, 6.07) is 12.4. The van der Waals surface area contributed by atoms with E-state index < -0.39 is 0 Å². The molecule has 2 aromatic heterocycles. The second kappa shape index (κ2) is 7.25. The first kappa shape index (κ1) is 16.7. The summed E-state index contributed by atoms with van der Waals surface area (Å²) >= 11 is 0. The lowest BCUT2D eigenvalue weighted by Gasteiger charge is -2.35. The molecule has 0 aliphatic carbocycles. The van der Waals surface area contributed by atoms with E-state index in [4.69, 9.17) is 4.52 Å². The molecule has 3 aromatic rings. The lowest BCUT2D eigenvalue weighted by atomic mass is 10.1. The van der Waals surface area contributed by atoms with Crippen molar-refractivity contribution in [3.8, 4) is 11.3 Å². The van der Waals surface area contributed by atoms with E-state index >= 15 is 0 Å². The van der Waals surface area contributed by atoms with Gasteiger partial charge in [-0.05, 0) is 31.5 Å². The van der Waals surface area contributed by atoms with Crippen LogP contribution in [-0.2, 0) is 6.54 Å². The highest BCUT2D eigenvalue weighted by molar-refractivity contribution is 5.63. The van der Waals surface area contributed by atoms with Gasteiger partial charge in [0.1, 0.15) is 5.76 Å². The Labute approximate surface area is 153 Å². The van der Waals surface area contributed by atoms with Gasteiger partial charge in [0.15, 0.2) is 5.82 Å². The first-order valence-corrected chi connectivity index (χ1v) is 8.98. The molecule has 1 aliphatic heterocycles. The van der Waals surface area contributed by atoms with Crippen LogP contribution < -0.4 is 4.90 Å². The second-order valence-corrected chi connectivity index (χ2v) is 6.76. The molecular formula is C20H23N5O. The summed E-state index contributed by atoms with van der Waals surface area (Å²) in [4.78, 5) is 4.72. The van der Waals surface area contributed by atoms with E-state index in [0.29, 0.717) is 0 Å². The fraction of sp³-hybridized carbons (Fsp3) is 0.350. The monoisotopic (exact) mass is 349 g/mol. The topological polar surface area (TPSA) is 58.3 Å². The third kappa shape index (κ3) is 3.46. The van der Waals surface area contributed by atoms with Crippen molar-refractivity contribution < 1.29 is 4.52 Å². The summed E-state index contributed by atoms with van der Waals surface area (Å²) in [5.41, 5.74) is 4.45. The minimum Gasteiger partial charge on any atom is -0.361 e. The average molecular weight is 349 g/mol. The van der Waals surface area contributed by atoms with E-state index in [1.54, 1.807) is 0 Å². The Balaban J connectivity index is 1.39. The predicted octanol–water partition coefficient (Wildman–Crippen LogP) is 3.07. The highest BCUT2D eigenvalue weighted by atomic mass is 16.5. The zero-order chi connectivity index (χ0) is 17.9. The first-order valence-electron chi connectivity index (χ1n) is 8.98. The maximum absolute atomic E-state index is 5.15. The molecule has 134 valence electrons. The Morgan fingerprint density at radius 1 is 0.962 bits per heavy atom. The summed E-state index contributed by atoms with van der Waals surface area (Å²) in [5.74, 6) is 1.85. The number of nitrogens with zero attached hydrogens (tertiary/aromatic N) is 5. The molecular weight excluding hydrogens is 326 g/mol. The summed E-state index contributed by atoms with van der Waals surface area (Å²) < 4.78 is 5.15. The second-order valence-electron chi connectivity index (χ2n) is 6.76. The molecule has 6 nitrogen and oxygen atoms in total. The van der Waals surface area contributed by atoms with Crippen LogP contribution in [0.1, 0.15) is 16.9 Å². The average Bonchev–Trinajstić information content (AvgIpc) is 3.08. The van der Waals surface area contributed by atoms with Crippen molar-refractivity contribution in [2.75, 3.05) is 31.1 Å². The molecule has 0 saturated carbocycles. The number of benzene rings is 1. The van der Waals surface area contributed by atoms with Gasteiger partial charge >= 0.3 is 0 Å². The van der Waals surface area contributed by atoms with Crippen LogP contribution in [0.15, 0.2) is 47.1 Å². The molecule has 0 atom stereocenters. The minimum atomic E-state index is 0.890. The van der Waals surface area contributed by atoms with Gasteiger partial charge in [0.25, 0.3) is 0 Å². The summed E-state index contributed by atoms with van der Waals surface area (Å²) in [7, 11) is 0. The van der Waals surface area contributed by atoms with Crippen molar-refractivity contribution in [2.24, 2.45) is 0 Å². The third-order valence-electron chi connectivity index (χ3n) is 5.01. The van der Waals surface area contributed by atoms with Gasteiger partial charge in [-0.2, -0.15) is 0 Å². The molecule has 26 heavy (non-hydrogen) atoms. The maximum atomic E-state index is 5.15. The van der Waals surface area contributed by atoms with Gasteiger partial charge in [0.2, 0.25) is 0 Å². The van der Waals surface area contributed by atoms with Crippen molar-refractivity contribution in [3.63, 3.8) is 0 Å². The number of hydrogen-bond acceptors (Lipinski definition) is 6. The minimum absolute atomic E-state index is 0.890. The standard InChI is InChI=1S/C20H23N5O/c1-15-5-3-4-6-18(15)19-7-8-20(23-22-19)25-11-9-24(10-12-25)14-17-13-21-26-16(17)2/h3-8,13H,9-12,14H2,1-2H3. The zero-order valence-electron chi connectivity index (χ0n) is 15.2. The molecule has 0 spiro atoms. The lowest BCUT2D eigenvalue weighted by Crippen LogP contribution is -2.46. The summed E-state index contributed by atoms with van der Waals surface area (Å²) in [6.07, 6.45) is 1.82. The molecule has 1 aromatic carbocycles. The number of aryl methyl sites for hydroxylation is 2. The van der Waals surface area contributed by atoms with Crippen molar-refractivity contribution in [2.45, 2.75) is 20.4 Å². The van der Waals surface area contributed by atoms with Crippen LogP contribution in [0.5, 0.6) is 0 Å². The number of anilines is 1. The Kier molecular flexibility index (Phi) is 4.67. The normalized spacial score (nSPS) is 15.4. The maximum Gasteiger partial charge on any atom is 0.151 e. The lowest BCUT2D eigenvalue weighted by molar-refractivity contribution is 0.247. The Morgan fingerprint density at radius 2 is 1.77 bits per heavy atom. The summed E-state index contributed by atoms with van der Waals surface area (Å²) in [5, 5.41) is 12.8. The van der Waals surface area contributed by atoms with E-state index in [2.05, 4.69) is 56.3 Å². The van der Waals surface area contributed by atoms with E-state index in [-0.39, 0.29) is 0 Å². The van der Waals surface area contributed by atoms with Crippen LogP contribution in [0.3, 0.4) is 0 Å². The van der Waals surface area contributed by atoms with Crippen LogP contribution in [0.4, 0.5) is 5.82 Å². The molecule has 0 radical (unpaired) electrons. The quantitative estimate of drug-likeness (QED) is 0.721. The van der Waals surface area contributed by atoms with E-state index in [9.17, 15) is 0 Å². The highest BCUT2D eigenvalue weighted by Crippen LogP contribution is 2.22. The molecule has 6 heteroatoms. The van der Waals surface area contributed by atoms with Gasteiger partial charge in [-0.3, -0.25) is 4.90 Å². The summed E-state index contributed by atoms with van der Waals surface area (Å²) in [6.45, 7) is 8.83. The van der Waals surface area contributed by atoms with Crippen molar-refractivity contribution in [1.82, 2.24) is 20.3 Å². The molecule has 1 aliphatic rings. The number of piperazine rings is 1. The van der Waals surface area contributed by atoms with E-state index in [0.717, 1.165) is 55.6 Å². The zero-order valence-corrected chi connectivity index (χ0v) is 15.2. The molecule has 3 heterocycles. The van der Waals surface area contributed by atoms with Gasteiger partial charge in [-0.25, -0.2) is 0 Å². The molecule has 0 unspecified atom stereocenters. The van der Waals surface area contributed by atoms with Gasteiger partial charge in [0, 0.05) is 43.9 Å². The highest BCUT2D eigenvalue weighted by Gasteiger charge is 2.20. The molecule has 0 bridgehead atoms. The number of aromatic nitrogens is 3. The van der Waals surface area contributed by atoms with Gasteiger partial charge in [-0.1, -0.05) is 29.4 Å². The van der Waals surface area contributed by atoms with Gasteiger partial charge < -0.3 is 9.42 Å². The SMILES string of the molecule is Cc1ccccc1-c1ccc(N2CCN(Cc3cnoc3C)CC2)nn1. The van der Waals surface area contributed by atoms with Crippen LogP contribution >= 0.6 is 0 Å². The van der Waals surface area contributed by atoms with Crippen LogP contribution in [0.2, 0.25) is 0 Å². The third-order valence-corrected chi connectivity index (χ3v) is 5.01. The number of hydrogen-bond donors (Lipinski definition) is 0. The van der Waals surface area contributed by atoms with E-state index in [1.165, 1.54) is 11.1 Å². The largest absolute Gasteiger partial charge is 0.361 e. The molecule has 0 N–H and O–H groups in total. The van der Waals surface area contributed by atoms with E-state index in [1.807, 2.05) is 25.3 Å². The predicted molar refractivity (Wildman–Crippen MR) is 101 cm³/mol. The van der Waals surface area contributed by atoms with Gasteiger partial charge in [0.05, 0.1) is 11.9 Å². The molecule has 1 saturated heterocycles. The van der Waals surface area contributed by atoms with Gasteiger partial charge in [-0.15, -0.1) is 10.2 Å². The van der Waals surface area contributed by atoms with Crippen LogP contribution in [0, 0.1) is 13.8 Å². The molecule has 4 rings (SSSR count). The van der Waals surface area contributed by atoms with Crippen LogP contribution in [-0.4, -0.2) is 46.4 Å². The van der Waals surface area contributed by atoms with Crippen molar-refractivity contribution >= 4 is 5.82 Å². The Bertz CT molecular complexity index is 866. The molecule has 1 fully saturated rings. The first-order chi connectivity index (χ1) is 12.7. The Morgan fingerprint density at radius 3 is 2.42 bits per heavy atom. The molecule has 0 amide bonds. The smallest absolute Gasteiger partial charge is 0.151 e. The van der Waals surface area contributed by atoms with Crippen molar-refractivity contribution in [3.05, 3.63) is 59.5 Å². The fourth-order valence-corrected chi connectivity index (χ4v) is 3.34. The van der Waals surface area contributed by atoms with Crippen molar-refractivity contribution in [1.29, 1.82) is 0 Å². The fourth-order valence-electron chi connectivity index (χ4n) is 3.34. The Hall–Kier alpha value is -2.73. The number of rotatable bonds is 4. The van der Waals surface area contributed by atoms with Crippen LogP contribution in [0.25, 0.3) is 11.3 Å².